The van der Waals surface area contributed by atoms with Crippen molar-refractivity contribution in [2.45, 2.75) is 0 Å². The highest BCUT2D eigenvalue weighted by Crippen LogP contribution is 2.11. The molecule has 0 aliphatic rings. The van der Waals surface area contributed by atoms with E-state index in [2.05, 4.69) is 10.2 Å². The van der Waals surface area contributed by atoms with E-state index in [1.807, 2.05) is 0 Å². The van der Waals surface area contributed by atoms with E-state index in [-0.39, 0.29) is 10.0 Å². The second-order valence-electron chi connectivity index (χ2n) is 2.57. The van der Waals surface area contributed by atoms with Crippen LogP contribution in [0.1, 0.15) is 0 Å². The Balaban J connectivity index is 2.53. The Kier molecular flexibility index (Phi) is 2.45. The predicted molar refractivity (Wildman–Crippen MR) is 54.2 cm³/mol. The molecule has 2 aromatic rings. The largest absolute Gasteiger partial charge is 0.364 e. The summed E-state index contributed by atoms with van der Waals surface area (Å²) in [5.74, 6) is 0. The van der Waals surface area contributed by atoms with Gasteiger partial charge in [0.2, 0.25) is 0 Å². The highest BCUT2D eigenvalue weighted by atomic mass is 35.5. The van der Waals surface area contributed by atoms with Gasteiger partial charge < -0.3 is 0 Å². The molecule has 0 unspecified atom stereocenters. The molecule has 2 aromatic heterocycles. The normalized spacial score (nSPS) is 11.9. The van der Waals surface area contributed by atoms with Crippen molar-refractivity contribution in [3.63, 3.8) is 0 Å². The summed E-state index contributed by atoms with van der Waals surface area (Å²) < 4.78 is 24.9. The summed E-state index contributed by atoms with van der Waals surface area (Å²) in [6, 6.07) is 0. The van der Waals surface area contributed by atoms with Crippen molar-refractivity contribution in [1.29, 1.82) is 0 Å². The molecule has 2 rings (SSSR count). The van der Waals surface area contributed by atoms with Crippen LogP contribution in [-0.2, 0) is 10.2 Å². The molecule has 0 aromatic carbocycles. The SMILES string of the molecule is O=S(=O)(n1cc(Cl)cn1)n1cc(Cl)cn1. The van der Waals surface area contributed by atoms with E-state index in [0.29, 0.717) is 8.17 Å². The fourth-order valence-electron chi connectivity index (χ4n) is 0.907. The molecule has 0 saturated heterocycles. The molecule has 80 valence electrons. The first-order chi connectivity index (χ1) is 7.00. The van der Waals surface area contributed by atoms with Crippen molar-refractivity contribution in [2.24, 2.45) is 0 Å². The van der Waals surface area contributed by atoms with E-state index >= 15 is 0 Å². The number of halogens is 2. The molecule has 0 N–H and O–H groups in total. The summed E-state index contributed by atoms with van der Waals surface area (Å²) in [7, 11) is -3.86. The fourth-order valence-corrected chi connectivity index (χ4v) is 2.29. The average molecular weight is 267 g/mol. The van der Waals surface area contributed by atoms with Crippen LogP contribution in [0.4, 0.5) is 0 Å². The van der Waals surface area contributed by atoms with Gasteiger partial charge in [-0.25, -0.2) is 0 Å². The molecule has 0 aliphatic carbocycles. The van der Waals surface area contributed by atoms with Crippen LogP contribution < -0.4 is 0 Å². The Morgan fingerprint density at radius 1 is 1.00 bits per heavy atom. The Morgan fingerprint density at radius 3 is 1.67 bits per heavy atom. The lowest BCUT2D eigenvalue weighted by atomic mass is 10.8. The van der Waals surface area contributed by atoms with Gasteiger partial charge in [-0.2, -0.15) is 18.6 Å². The maximum Gasteiger partial charge on any atom is 0.364 e. The van der Waals surface area contributed by atoms with Crippen LogP contribution in [0.2, 0.25) is 10.0 Å². The summed E-state index contributed by atoms with van der Waals surface area (Å²) in [6.07, 6.45) is 4.74. The molecule has 0 bridgehead atoms. The van der Waals surface area contributed by atoms with Crippen LogP contribution in [0, 0.1) is 0 Å². The molecular formula is C6H4Cl2N4O2S. The van der Waals surface area contributed by atoms with Gasteiger partial charge in [-0.1, -0.05) is 23.2 Å². The molecule has 0 aliphatic heterocycles. The molecule has 15 heavy (non-hydrogen) atoms. The highest BCUT2D eigenvalue weighted by Gasteiger charge is 2.17. The fraction of sp³-hybridized carbons (Fsp3) is 0. The van der Waals surface area contributed by atoms with Gasteiger partial charge in [0.15, 0.2) is 0 Å². The van der Waals surface area contributed by atoms with Crippen molar-refractivity contribution >= 4 is 33.4 Å². The monoisotopic (exact) mass is 266 g/mol. The number of nitrogens with zero attached hydrogens (tertiary/aromatic N) is 4. The van der Waals surface area contributed by atoms with Crippen molar-refractivity contribution in [1.82, 2.24) is 18.4 Å². The maximum absolute atomic E-state index is 11.7. The zero-order valence-electron chi connectivity index (χ0n) is 7.08. The van der Waals surface area contributed by atoms with Crippen LogP contribution in [-0.4, -0.2) is 26.8 Å². The molecule has 0 spiro atoms. The number of hydrogen-bond donors (Lipinski definition) is 0. The molecule has 0 atom stereocenters. The predicted octanol–water partition coefficient (Wildman–Crippen LogP) is 1.03. The maximum atomic E-state index is 11.7. The lowest BCUT2D eigenvalue weighted by Gasteiger charge is -2.01. The Morgan fingerprint density at radius 2 is 1.40 bits per heavy atom. The standard InChI is InChI=1S/C6H4Cl2N4O2S/c7-5-1-9-11(3-5)15(13,14)12-4-6(8)2-10-12/h1-4H. The third-order valence-corrected chi connectivity index (χ3v) is 3.27. The van der Waals surface area contributed by atoms with Gasteiger partial charge >= 0.3 is 10.2 Å². The van der Waals surface area contributed by atoms with E-state index < -0.39 is 10.2 Å². The Hall–Kier alpha value is -1.05. The van der Waals surface area contributed by atoms with E-state index in [1.165, 1.54) is 12.4 Å². The number of aromatic nitrogens is 4. The third-order valence-electron chi connectivity index (χ3n) is 1.53. The van der Waals surface area contributed by atoms with Gasteiger partial charge in [-0.05, 0) is 0 Å². The minimum Gasteiger partial charge on any atom is -0.179 e. The van der Waals surface area contributed by atoms with Crippen LogP contribution in [0.3, 0.4) is 0 Å². The van der Waals surface area contributed by atoms with Crippen LogP contribution in [0.5, 0.6) is 0 Å². The highest BCUT2D eigenvalue weighted by molar-refractivity contribution is 7.88. The van der Waals surface area contributed by atoms with Gasteiger partial charge in [0.25, 0.3) is 0 Å². The second-order valence-corrected chi connectivity index (χ2v) is 5.09. The molecule has 9 heteroatoms. The van der Waals surface area contributed by atoms with Crippen molar-refractivity contribution in [3.05, 3.63) is 34.8 Å². The van der Waals surface area contributed by atoms with Crippen LogP contribution >= 0.6 is 23.2 Å². The minimum absolute atomic E-state index is 0.219. The van der Waals surface area contributed by atoms with Crippen LogP contribution in [0.25, 0.3) is 0 Å². The zero-order valence-corrected chi connectivity index (χ0v) is 9.41. The first kappa shape index (κ1) is 10.5. The Bertz CT molecular complexity index is 542. The number of rotatable bonds is 2. The zero-order chi connectivity index (χ0) is 11.1. The molecule has 0 radical (unpaired) electrons. The van der Waals surface area contributed by atoms with Crippen LogP contribution in [0.15, 0.2) is 24.8 Å². The topological polar surface area (TPSA) is 69.8 Å². The van der Waals surface area contributed by atoms with Crippen molar-refractivity contribution in [2.75, 3.05) is 0 Å². The summed E-state index contributed by atoms with van der Waals surface area (Å²) in [5, 5.41) is 7.57. The summed E-state index contributed by atoms with van der Waals surface area (Å²) in [6.45, 7) is 0. The minimum atomic E-state index is -3.86. The molecule has 0 amide bonds. The molecule has 6 nitrogen and oxygen atoms in total. The average Bonchev–Trinajstić information content (AvgIpc) is 2.74. The van der Waals surface area contributed by atoms with Gasteiger partial charge in [0, 0.05) is 0 Å². The summed E-state index contributed by atoms with van der Waals surface area (Å²) in [4.78, 5) is 0. The summed E-state index contributed by atoms with van der Waals surface area (Å²) >= 11 is 11.1. The van der Waals surface area contributed by atoms with E-state index in [4.69, 9.17) is 23.2 Å². The molecule has 2 heterocycles. The summed E-state index contributed by atoms with van der Waals surface area (Å²) in [5.41, 5.74) is 0. The van der Waals surface area contributed by atoms with Crippen molar-refractivity contribution in [3.8, 4) is 0 Å². The van der Waals surface area contributed by atoms with E-state index in [1.54, 1.807) is 0 Å². The van der Waals surface area contributed by atoms with Gasteiger partial charge in [-0.15, -0.1) is 8.17 Å². The second kappa shape index (κ2) is 3.51. The first-order valence-corrected chi connectivity index (χ1v) is 5.82. The van der Waals surface area contributed by atoms with Gasteiger partial charge in [0.05, 0.1) is 34.8 Å². The number of hydrogen-bond acceptors (Lipinski definition) is 4. The van der Waals surface area contributed by atoms with Gasteiger partial charge in [-0.3, -0.25) is 0 Å². The lowest BCUT2D eigenvalue weighted by molar-refractivity contribution is 0.563. The Labute approximate surface area is 95.2 Å². The first-order valence-electron chi connectivity index (χ1n) is 3.66. The van der Waals surface area contributed by atoms with E-state index in [0.717, 1.165) is 12.4 Å². The molecule has 0 saturated carbocycles. The van der Waals surface area contributed by atoms with Gasteiger partial charge in [0.1, 0.15) is 0 Å². The molecular weight excluding hydrogens is 263 g/mol. The quantitative estimate of drug-likeness (QED) is 0.814. The lowest BCUT2D eigenvalue weighted by Crippen LogP contribution is -2.22. The smallest absolute Gasteiger partial charge is 0.179 e. The van der Waals surface area contributed by atoms with Crippen molar-refractivity contribution < 1.29 is 8.42 Å². The van der Waals surface area contributed by atoms with E-state index in [9.17, 15) is 8.42 Å². The molecule has 0 fully saturated rings. The third kappa shape index (κ3) is 1.85.